The lowest BCUT2D eigenvalue weighted by Crippen LogP contribution is -2.34. The number of rotatable bonds is 4. The Hall–Kier alpha value is -3.20. The van der Waals surface area contributed by atoms with Gasteiger partial charge in [-0.1, -0.05) is 23.7 Å². The summed E-state index contributed by atoms with van der Waals surface area (Å²) in [6, 6.07) is 7.19. The molecule has 0 aliphatic heterocycles. The molecule has 2 aromatic heterocycles. The summed E-state index contributed by atoms with van der Waals surface area (Å²) in [4.78, 5) is 34.3. The van der Waals surface area contributed by atoms with Crippen LogP contribution in [-0.2, 0) is 6.18 Å². The molecule has 2 N–H and O–H groups in total. The zero-order valence-corrected chi connectivity index (χ0v) is 14.8. The number of nitrogens with one attached hydrogen (secondary N) is 2. The second-order valence-corrected chi connectivity index (χ2v) is 6.14. The normalized spacial score (nSPS) is 12.4. The van der Waals surface area contributed by atoms with Crippen LogP contribution in [0, 0.1) is 0 Å². The zero-order chi connectivity index (χ0) is 20.3. The average Bonchev–Trinajstić information content (AvgIpc) is 2.66. The largest absolute Gasteiger partial charge is 0.431 e. The topological polar surface area (TPSA) is 87.7 Å². The molecule has 0 fully saturated rings. The predicted octanol–water partition coefficient (Wildman–Crippen LogP) is 3.36. The van der Waals surface area contributed by atoms with Crippen molar-refractivity contribution in [3.05, 3.63) is 92.9 Å². The van der Waals surface area contributed by atoms with E-state index in [1.54, 1.807) is 29.2 Å². The maximum absolute atomic E-state index is 12.7. The number of benzene rings is 1. The van der Waals surface area contributed by atoms with Crippen LogP contribution in [-0.4, -0.2) is 20.9 Å². The molecule has 6 nitrogen and oxygen atoms in total. The van der Waals surface area contributed by atoms with Crippen molar-refractivity contribution in [1.82, 2.24) is 20.3 Å². The first kappa shape index (κ1) is 19.6. The van der Waals surface area contributed by atoms with Gasteiger partial charge in [0.25, 0.3) is 11.5 Å². The molecule has 1 atom stereocenters. The van der Waals surface area contributed by atoms with E-state index in [1.807, 2.05) is 0 Å². The summed E-state index contributed by atoms with van der Waals surface area (Å²) in [6.07, 6.45) is -0.420. The highest BCUT2D eigenvalue weighted by Gasteiger charge is 2.32. The Morgan fingerprint density at radius 3 is 2.39 bits per heavy atom. The van der Waals surface area contributed by atoms with E-state index in [0.29, 0.717) is 22.3 Å². The van der Waals surface area contributed by atoms with Crippen LogP contribution < -0.4 is 10.9 Å². The van der Waals surface area contributed by atoms with Crippen molar-refractivity contribution in [2.24, 2.45) is 0 Å². The van der Waals surface area contributed by atoms with Gasteiger partial charge in [-0.3, -0.25) is 19.6 Å². The van der Waals surface area contributed by atoms with Gasteiger partial charge in [0.15, 0.2) is 0 Å². The first-order valence-electron chi connectivity index (χ1n) is 7.88. The van der Waals surface area contributed by atoms with Crippen LogP contribution in [0.4, 0.5) is 13.2 Å². The van der Waals surface area contributed by atoms with Crippen LogP contribution >= 0.6 is 11.6 Å². The van der Waals surface area contributed by atoms with Crippen LogP contribution in [0.25, 0.3) is 0 Å². The molecule has 0 spiro atoms. The summed E-state index contributed by atoms with van der Waals surface area (Å²) in [5.74, 6) is -0.861. The standard InChI is InChI=1S/C18H12ClF3N4O2/c19-11-3-1-10(2-4-11)15(13-9-23-7-8-24-13)26-17(28)12-5-6-14(18(20,21)22)25-16(12)27/h1-9,15H,(H,25,27)(H,26,28). The fraction of sp³-hybridized carbons (Fsp3) is 0.111. The highest BCUT2D eigenvalue weighted by atomic mass is 35.5. The molecule has 0 radical (unpaired) electrons. The van der Waals surface area contributed by atoms with E-state index in [1.165, 1.54) is 18.6 Å². The van der Waals surface area contributed by atoms with E-state index in [-0.39, 0.29) is 0 Å². The Balaban J connectivity index is 1.94. The average molecular weight is 409 g/mol. The van der Waals surface area contributed by atoms with Crippen molar-refractivity contribution in [3.8, 4) is 0 Å². The first-order valence-corrected chi connectivity index (χ1v) is 8.26. The Morgan fingerprint density at radius 1 is 1.11 bits per heavy atom. The molecular formula is C18H12ClF3N4O2. The number of halogens is 4. The Kier molecular flexibility index (Phi) is 5.46. The summed E-state index contributed by atoms with van der Waals surface area (Å²) >= 11 is 5.88. The van der Waals surface area contributed by atoms with Crippen molar-refractivity contribution in [3.63, 3.8) is 0 Å². The Labute approximate surface area is 161 Å². The van der Waals surface area contributed by atoms with Crippen molar-refractivity contribution >= 4 is 17.5 Å². The third-order valence-corrected chi connectivity index (χ3v) is 4.07. The van der Waals surface area contributed by atoms with Gasteiger partial charge in [0.2, 0.25) is 0 Å². The number of carbonyl (C=O) groups is 1. The summed E-state index contributed by atoms with van der Waals surface area (Å²) in [7, 11) is 0. The van der Waals surface area contributed by atoms with Gasteiger partial charge in [-0.15, -0.1) is 0 Å². The van der Waals surface area contributed by atoms with Crippen LogP contribution in [0.2, 0.25) is 5.02 Å². The monoisotopic (exact) mass is 408 g/mol. The van der Waals surface area contributed by atoms with Gasteiger partial charge in [-0.2, -0.15) is 13.2 Å². The minimum atomic E-state index is -4.72. The number of aromatic amines is 1. The minimum absolute atomic E-state index is 0.376. The minimum Gasteiger partial charge on any atom is -0.339 e. The third kappa shape index (κ3) is 4.37. The molecule has 0 saturated carbocycles. The van der Waals surface area contributed by atoms with E-state index in [9.17, 15) is 22.8 Å². The Bertz CT molecular complexity index is 1040. The van der Waals surface area contributed by atoms with Crippen LogP contribution in [0.5, 0.6) is 0 Å². The molecular weight excluding hydrogens is 397 g/mol. The van der Waals surface area contributed by atoms with E-state index >= 15 is 0 Å². The van der Waals surface area contributed by atoms with E-state index in [2.05, 4.69) is 15.3 Å². The van der Waals surface area contributed by atoms with Gasteiger partial charge in [0, 0.05) is 17.4 Å². The molecule has 0 aliphatic rings. The molecule has 1 amide bonds. The number of H-pyrrole nitrogens is 1. The SMILES string of the molecule is O=C(NC(c1ccc(Cl)cc1)c1cnccn1)c1ccc(C(F)(F)F)[nH]c1=O. The molecule has 28 heavy (non-hydrogen) atoms. The number of pyridine rings is 1. The molecule has 10 heteroatoms. The fourth-order valence-corrected chi connectivity index (χ4v) is 2.60. The second kappa shape index (κ2) is 7.81. The number of hydrogen-bond acceptors (Lipinski definition) is 4. The van der Waals surface area contributed by atoms with Crippen LogP contribution in [0.1, 0.15) is 33.4 Å². The highest BCUT2D eigenvalue weighted by molar-refractivity contribution is 6.30. The van der Waals surface area contributed by atoms with Gasteiger partial charge in [-0.25, -0.2) is 0 Å². The molecule has 3 aromatic rings. The van der Waals surface area contributed by atoms with Gasteiger partial charge >= 0.3 is 6.18 Å². The second-order valence-electron chi connectivity index (χ2n) is 5.70. The summed E-state index contributed by atoms with van der Waals surface area (Å²) in [5.41, 5.74) is -1.88. The molecule has 0 aliphatic carbocycles. The lowest BCUT2D eigenvalue weighted by atomic mass is 10.0. The maximum Gasteiger partial charge on any atom is 0.431 e. The lowest BCUT2D eigenvalue weighted by Gasteiger charge is -2.18. The quantitative estimate of drug-likeness (QED) is 0.693. The van der Waals surface area contributed by atoms with Gasteiger partial charge in [0.1, 0.15) is 11.3 Å². The van der Waals surface area contributed by atoms with Crippen molar-refractivity contribution in [1.29, 1.82) is 0 Å². The fourth-order valence-electron chi connectivity index (χ4n) is 2.47. The van der Waals surface area contributed by atoms with Gasteiger partial charge in [0.05, 0.1) is 17.9 Å². The zero-order valence-electron chi connectivity index (χ0n) is 14.0. The highest BCUT2D eigenvalue weighted by Crippen LogP contribution is 2.26. The van der Waals surface area contributed by atoms with Crippen molar-refractivity contribution in [2.45, 2.75) is 12.2 Å². The van der Waals surface area contributed by atoms with Gasteiger partial charge in [-0.05, 0) is 29.8 Å². The number of alkyl halides is 3. The van der Waals surface area contributed by atoms with E-state index < -0.39 is 34.9 Å². The van der Waals surface area contributed by atoms with Gasteiger partial charge < -0.3 is 10.3 Å². The molecule has 144 valence electrons. The summed E-state index contributed by atoms with van der Waals surface area (Å²) in [5, 5.41) is 3.08. The number of nitrogens with zero attached hydrogens (tertiary/aromatic N) is 2. The van der Waals surface area contributed by atoms with Crippen LogP contribution in [0.15, 0.2) is 59.8 Å². The Morgan fingerprint density at radius 2 is 1.82 bits per heavy atom. The molecule has 1 unspecified atom stereocenters. The van der Waals surface area contributed by atoms with E-state index in [0.717, 1.165) is 6.07 Å². The summed E-state index contributed by atoms with van der Waals surface area (Å²) in [6.45, 7) is 0. The predicted molar refractivity (Wildman–Crippen MR) is 94.9 cm³/mol. The molecule has 1 aromatic carbocycles. The van der Waals surface area contributed by atoms with Crippen molar-refractivity contribution < 1.29 is 18.0 Å². The smallest absolute Gasteiger partial charge is 0.339 e. The van der Waals surface area contributed by atoms with Crippen molar-refractivity contribution in [2.75, 3.05) is 0 Å². The molecule has 3 rings (SSSR count). The number of amides is 1. The van der Waals surface area contributed by atoms with E-state index in [4.69, 9.17) is 11.6 Å². The maximum atomic E-state index is 12.7. The number of aromatic nitrogens is 3. The lowest BCUT2D eigenvalue weighted by molar-refractivity contribution is -0.141. The number of carbonyl (C=O) groups excluding carboxylic acids is 1. The first-order chi connectivity index (χ1) is 13.3. The molecule has 2 heterocycles. The third-order valence-electron chi connectivity index (χ3n) is 3.82. The van der Waals surface area contributed by atoms with Crippen LogP contribution in [0.3, 0.4) is 0 Å². The number of hydrogen-bond donors (Lipinski definition) is 2. The molecule has 0 bridgehead atoms. The summed E-state index contributed by atoms with van der Waals surface area (Å²) < 4.78 is 38.1. The molecule has 0 saturated heterocycles.